The van der Waals surface area contributed by atoms with Crippen molar-refractivity contribution in [2.24, 2.45) is 0 Å². The Morgan fingerprint density at radius 2 is 1.48 bits per heavy atom. The summed E-state index contributed by atoms with van der Waals surface area (Å²) in [5.41, 5.74) is 0.592. The molecule has 3 rings (SSSR count). The van der Waals surface area contributed by atoms with Crippen LogP contribution in [0.4, 0.5) is 5.69 Å². The third-order valence-corrected chi connectivity index (χ3v) is 4.50. The molecule has 140 valence electrons. The summed E-state index contributed by atoms with van der Waals surface area (Å²) in [6.45, 7) is 1.57. The number of piperazine rings is 1. The van der Waals surface area contributed by atoms with Crippen molar-refractivity contribution in [3.05, 3.63) is 69.8 Å². The molecule has 1 saturated heterocycles. The van der Waals surface area contributed by atoms with Crippen molar-refractivity contribution in [2.45, 2.75) is 0 Å². The highest BCUT2D eigenvalue weighted by molar-refractivity contribution is 5.96. The SMILES string of the molecule is COc1ccc(C(=O)N2CCN(C(=O)c3ccccc3)CC2)cc1[N+](=O)[O-]. The van der Waals surface area contributed by atoms with E-state index in [1.807, 2.05) is 18.2 Å². The summed E-state index contributed by atoms with van der Waals surface area (Å²) in [6.07, 6.45) is 0. The van der Waals surface area contributed by atoms with E-state index >= 15 is 0 Å². The Hall–Kier alpha value is -3.42. The minimum atomic E-state index is -0.577. The van der Waals surface area contributed by atoms with Crippen LogP contribution in [0.2, 0.25) is 0 Å². The third kappa shape index (κ3) is 3.89. The molecule has 8 nitrogen and oxygen atoms in total. The highest BCUT2D eigenvalue weighted by Gasteiger charge is 2.27. The molecule has 1 fully saturated rings. The van der Waals surface area contributed by atoms with Crippen LogP contribution < -0.4 is 4.74 Å². The predicted octanol–water partition coefficient (Wildman–Crippen LogP) is 2.20. The van der Waals surface area contributed by atoms with E-state index in [0.717, 1.165) is 0 Å². The number of nitro benzene ring substituents is 1. The smallest absolute Gasteiger partial charge is 0.311 e. The summed E-state index contributed by atoms with van der Waals surface area (Å²) >= 11 is 0. The fourth-order valence-corrected chi connectivity index (χ4v) is 3.02. The number of carbonyl (C=O) groups is 2. The van der Waals surface area contributed by atoms with Crippen molar-refractivity contribution in [1.82, 2.24) is 9.80 Å². The Labute approximate surface area is 156 Å². The molecule has 0 bridgehead atoms. The average Bonchev–Trinajstić information content (AvgIpc) is 2.73. The van der Waals surface area contributed by atoms with Gasteiger partial charge in [0, 0.05) is 43.4 Å². The molecule has 1 aliphatic heterocycles. The molecule has 0 spiro atoms. The molecule has 8 heteroatoms. The largest absolute Gasteiger partial charge is 0.490 e. The van der Waals surface area contributed by atoms with E-state index in [0.29, 0.717) is 31.7 Å². The van der Waals surface area contributed by atoms with Gasteiger partial charge in [0.05, 0.1) is 12.0 Å². The zero-order valence-corrected chi connectivity index (χ0v) is 14.8. The number of hydrogen-bond acceptors (Lipinski definition) is 5. The highest BCUT2D eigenvalue weighted by atomic mass is 16.6. The van der Waals surface area contributed by atoms with Crippen LogP contribution in [0.1, 0.15) is 20.7 Å². The summed E-state index contributed by atoms with van der Waals surface area (Å²) < 4.78 is 4.96. The van der Waals surface area contributed by atoms with Gasteiger partial charge in [0.1, 0.15) is 0 Å². The number of carbonyl (C=O) groups excluding carboxylic acids is 2. The first-order valence-electron chi connectivity index (χ1n) is 8.47. The predicted molar refractivity (Wildman–Crippen MR) is 97.9 cm³/mol. The van der Waals surface area contributed by atoms with Crippen LogP contribution >= 0.6 is 0 Å². The van der Waals surface area contributed by atoms with Crippen molar-refractivity contribution in [1.29, 1.82) is 0 Å². The molecule has 2 aromatic rings. The number of ether oxygens (including phenoxy) is 1. The molecule has 0 aliphatic carbocycles. The second kappa shape index (κ2) is 7.86. The van der Waals surface area contributed by atoms with E-state index in [1.54, 1.807) is 21.9 Å². The lowest BCUT2D eigenvalue weighted by molar-refractivity contribution is -0.385. The zero-order valence-electron chi connectivity index (χ0n) is 14.8. The minimum Gasteiger partial charge on any atom is -0.490 e. The number of nitro groups is 1. The number of rotatable bonds is 4. The Balaban J connectivity index is 1.67. The maximum Gasteiger partial charge on any atom is 0.311 e. The maximum atomic E-state index is 12.7. The van der Waals surface area contributed by atoms with Gasteiger partial charge in [-0.3, -0.25) is 19.7 Å². The molecular formula is C19H19N3O5. The van der Waals surface area contributed by atoms with E-state index < -0.39 is 4.92 Å². The van der Waals surface area contributed by atoms with Crippen LogP contribution in [0.15, 0.2) is 48.5 Å². The van der Waals surface area contributed by atoms with E-state index in [2.05, 4.69) is 0 Å². The number of amides is 2. The first-order chi connectivity index (χ1) is 13.0. The molecule has 27 heavy (non-hydrogen) atoms. The molecule has 0 atom stereocenters. The van der Waals surface area contributed by atoms with Gasteiger partial charge in [-0.1, -0.05) is 18.2 Å². The second-order valence-corrected chi connectivity index (χ2v) is 6.09. The number of nitrogens with zero attached hydrogens (tertiary/aromatic N) is 3. The van der Waals surface area contributed by atoms with Gasteiger partial charge < -0.3 is 14.5 Å². The maximum absolute atomic E-state index is 12.7. The van der Waals surface area contributed by atoms with Crippen LogP contribution in [0.5, 0.6) is 5.75 Å². The number of hydrogen-bond donors (Lipinski definition) is 0. The minimum absolute atomic E-state index is 0.0669. The molecule has 0 saturated carbocycles. The van der Waals surface area contributed by atoms with Crippen molar-refractivity contribution < 1.29 is 19.2 Å². The van der Waals surface area contributed by atoms with Gasteiger partial charge in [0.25, 0.3) is 11.8 Å². The molecule has 0 radical (unpaired) electrons. The van der Waals surface area contributed by atoms with Gasteiger partial charge in [-0.15, -0.1) is 0 Å². The Morgan fingerprint density at radius 1 is 0.926 bits per heavy atom. The van der Waals surface area contributed by atoms with Gasteiger partial charge in [0.2, 0.25) is 0 Å². The number of benzene rings is 2. The van der Waals surface area contributed by atoms with Gasteiger partial charge in [-0.25, -0.2) is 0 Å². The van der Waals surface area contributed by atoms with Gasteiger partial charge in [-0.05, 0) is 24.3 Å². The topological polar surface area (TPSA) is 93.0 Å². The Morgan fingerprint density at radius 3 is 2.00 bits per heavy atom. The summed E-state index contributed by atoms with van der Waals surface area (Å²) in [7, 11) is 1.34. The normalized spacial score (nSPS) is 14.0. The summed E-state index contributed by atoms with van der Waals surface area (Å²) in [5.74, 6) is -0.259. The van der Waals surface area contributed by atoms with Crippen LogP contribution in [-0.2, 0) is 0 Å². The lowest BCUT2D eigenvalue weighted by Gasteiger charge is -2.34. The standard InChI is InChI=1S/C19H19N3O5/c1-27-17-8-7-15(13-16(17)22(25)26)19(24)21-11-9-20(10-12-21)18(23)14-5-3-2-4-6-14/h2-8,13H,9-12H2,1H3. The highest BCUT2D eigenvalue weighted by Crippen LogP contribution is 2.28. The summed E-state index contributed by atoms with van der Waals surface area (Å²) in [4.78, 5) is 39.0. The van der Waals surface area contributed by atoms with Gasteiger partial charge in [-0.2, -0.15) is 0 Å². The van der Waals surface area contributed by atoms with Crippen LogP contribution in [0.25, 0.3) is 0 Å². The lowest BCUT2D eigenvalue weighted by Crippen LogP contribution is -2.50. The molecule has 0 aromatic heterocycles. The molecule has 1 heterocycles. The van der Waals surface area contributed by atoms with Crippen molar-refractivity contribution in [2.75, 3.05) is 33.3 Å². The molecule has 0 N–H and O–H groups in total. The van der Waals surface area contributed by atoms with Gasteiger partial charge in [0.15, 0.2) is 5.75 Å². The molecular weight excluding hydrogens is 350 g/mol. The van der Waals surface area contributed by atoms with E-state index in [4.69, 9.17) is 4.74 Å². The van der Waals surface area contributed by atoms with E-state index in [-0.39, 0.29) is 28.8 Å². The lowest BCUT2D eigenvalue weighted by atomic mass is 10.1. The van der Waals surface area contributed by atoms with Crippen molar-refractivity contribution >= 4 is 17.5 Å². The van der Waals surface area contributed by atoms with E-state index in [1.165, 1.54) is 25.3 Å². The molecule has 2 aromatic carbocycles. The fourth-order valence-electron chi connectivity index (χ4n) is 3.02. The number of methoxy groups -OCH3 is 1. The Kier molecular flexibility index (Phi) is 5.35. The van der Waals surface area contributed by atoms with Gasteiger partial charge >= 0.3 is 5.69 Å². The van der Waals surface area contributed by atoms with Crippen LogP contribution in [0, 0.1) is 10.1 Å². The Bertz CT molecular complexity index is 861. The summed E-state index contributed by atoms with van der Waals surface area (Å²) in [5, 5.41) is 11.1. The van der Waals surface area contributed by atoms with E-state index in [9.17, 15) is 19.7 Å². The van der Waals surface area contributed by atoms with Crippen LogP contribution in [-0.4, -0.2) is 59.8 Å². The quantitative estimate of drug-likeness (QED) is 0.608. The fraction of sp³-hybridized carbons (Fsp3) is 0.263. The third-order valence-electron chi connectivity index (χ3n) is 4.50. The zero-order chi connectivity index (χ0) is 19.4. The summed E-state index contributed by atoms with van der Waals surface area (Å²) in [6, 6.07) is 13.1. The monoisotopic (exact) mass is 369 g/mol. The molecule has 0 unspecified atom stereocenters. The average molecular weight is 369 g/mol. The molecule has 1 aliphatic rings. The molecule has 2 amide bonds. The first-order valence-corrected chi connectivity index (χ1v) is 8.47. The first kappa shape index (κ1) is 18.4. The van der Waals surface area contributed by atoms with Crippen molar-refractivity contribution in [3.63, 3.8) is 0 Å². The second-order valence-electron chi connectivity index (χ2n) is 6.09. The van der Waals surface area contributed by atoms with Crippen molar-refractivity contribution in [3.8, 4) is 5.75 Å². The van der Waals surface area contributed by atoms with Crippen LogP contribution in [0.3, 0.4) is 0 Å².